The molecule has 3 nitrogen and oxygen atoms in total. The molecule has 0 saturated heterocycles. The lowest BCUT2D eigenvalue weighted by Crippen LogP contribution is -2.11. The number of halogens is 2. The van der Waals surface area contributed by atoms with Crippen LogP contribution in [0, 0.1) is 5.82 Å². The molecule has 0 aliphatic carbocycles. The number of carboxylic acid groups (broad SMARTS) is 1. The first kappa shape index (κ1) is 11.7. The molecule has 1 aromatic carbocycles. The number of nitrogens with one attached hydrogen (secondary N) is 1. The number of rotatable bonds is 3. The van der Waals surface area contributed by atoms with Gasteiger partial charge in [0.1, 0.15) is 12.4 Å². The molecule has 0 aromatic heterocycles. The van der Waals surface area contributed by atoms with Gasteiger partial charge in [0.2, 0.25) is 0 Å². The van der Waals surface area contributed by atoms with Crippen molar-refractivity contribution in [2.24, 2.45) is 0 Å². The number of hydrogen-bond donors (Lipinski definition) is 2. The van der Waals surface area contributed by atoms with Crippen LogP contribution in [0.25, 0.3) is 0 Å². The van der Waals surface area contributed by atoms with Crippen LogP contribution >= 0.6 is 12.4 Å². The number of anilines is 1. The van der Waals surface area contributed by atoms with Crippen LogP contribution in [0.4, 0.5) is 10.1 Å². The Labute approximate surface area is 81.0 Å². The van der Waals surface area contributed by atoms with E-state index in [1.165, 1.54) is 24.3 Å². The number of hydrogen-bond acceptors (Lipinski definition) is 2. The summed E-state index contributed by atoms with van der Waals surface area (Å²) in [4.78, 5) is 10.1. The molecule has 72 valence electrons. The molecule has 0 unspecified atom stereocenters. The predicted molar refractivity (Wildman–Crippen MR) is 49.8 cm³/mol. The molecule has 0 heterocycles. The van der Waals surface area contributed by atoms with E-state index < -0.39 is 5.97 Å². The van der Waals surface area contributed by atoms with Crippen LogP contribution in [0.1, 0.15) is 0 Å². The maximum absolute atomic E-state index is 12.3. The SMILES string of the molecule is Cl.O=C(O)CNc1ccc(F)cc1. The number of aliphatic carboxylic acids is 1. The molecule has 2 N–H and O–H groups in total. The van der Waals surface area contributed by atoms with Crippen LogP contribution < -0.4 is 5.32 Å². The Morgan fingerprint density at radius 2 is 1.92 bits per heavy atom. The largest absolute Gasteiger partial charge is 0.480 e. The fourth-order valence-corrected chi connectivity index (χ4v) is 0.745. The second-order valence-electron chi connectivity index (χ2n) is 2.25. The summed E-state index contributed by atoms with van der Waals surface area (Å²) >= 11 is 0. The lowest BCUT2D eigenvalue weighted by Gasteiger charge is -2.01. The third-order valence-corrected chi connectivity index (χ3v) is 1.29. The molecule has 1 rings (SSSR count). The molecule has 0 bridgehead atoms. The van der Waals surface area contributed by atoms with E-state index in [4.69, 9.17) is 5.11 Å². The highest BCUT2D eigenvalue weighted by molar-refractivity contribution is 5.85. The van der Waals surface area contributed by atoms with Gasteiger partial charge in [0.25, 0.3) is 0 Å². The van der Waals surface area contributed by atoms with Crippen molar-refractivity contribution in [2.75, 3.05) is 11.9 Å². The molecule has 1 aromatic rings. The molecular formula is C8H9ClFNO2. The zero-order chi connectivity index (χ0) is 8.97. The smallest absolute Gasteiger partial charge is 0.322 e. The fraction of sp³-hybridized carbons (Fsp3) is 0.125. The van der Waals surface area contributed by atoms with E-state index in [-0.39, 0.29) is 24.8 Å². The summed E-state index contributed by atoms with van der Waals surface area (Å²) in [7, 11) is 0. The predicted octanol–water partition coefficient (Wildman–Crippen LogP) is 1.74. The molecule has 0 atom stereocenters. The molecule has 0 radical (unpaired) electrons. The molecular weight excluding hydrogens is 197 g/mol. The van der Waals surface area contributed by atoms with Gasteiger partial charge < -0.3 is 10.4 Å². The van der Waals surface area contributed by atoms with E-state index in [0.29, 0.717) is 5.69 Å². The van der Waals surface area contributed by atoms with Gasteiger partial charge in [0.15, 0.2) is 0 Å². The Hall–Kier alpha value is -1.29. The maximum Gasteiger partial charge on any atom is 0.322 e. The van der Waals surface area contributed by atoms with Crippen molar-refractivity contribution >= 4 is 24.1 Å². The van der Waals surface area contributed by atoms with Crippen LogP contribution in [0.5, 0.6) is 0 Å². The molecule has 0 saturated carbocycles. The summed E-state index contributed by atoms with van der Waals surface area (Å²) in [6.07, 6.45) is 0. The third kappa shape index (κ3) is 4.32. The Kier molecular flexibility index (Phi) is 4.84. The lowest BCUT2D eigenvalue weighted by molar-refractivity contribution is -0.134. The molecule has 13 heavy (non-hydrogen) atoms. The van der Waals surface area contributed by atoms with Gasteiger partial charge in [-0.25, -0.2) is 4.39 Å². The summed E-state index contributed by atoms with van der Waals surface area (Å²) in [6, 6.07) is 5.50. The Bertz CT molecular complexity index is 276. The van der Waals surface area contributed by atoms with E-state index in [1.54, 1.807) is 0 Å². The first-order valence-corrected chi connectivity index (χ1v) is 3.40. The minimum Gasteiger partial charge on any atom is -0.480 e. The van der Waals surface area contributed by atoms with Crippen molar-refractivity contribution in [3.8, 4) is 0 Å². The summed E-state index contributed by atoms with van der Waals surface area (Å²) in [6.45, 7) is -0.161. The second kappa shape index (κ2) is 5.37. The van der Waals surface area contributed by atoms with Crippen molar-refractivity contribution < 1.29 is 14.3 Å². The molecule has 0 amide bonds. The summed E-state index contributed by atoms with van der Waals surface area (Å²) in [5.41, 5.74) is 0.596. The van der Waals surface area contributed by atoms with Gasteiger partial charge in [-0.05, 0) is 24.3 Å². The highest BCUT2D eigenvalue weighted by atomic mass is 35.5. The van der Waals surface area contributed by atoms with Crippen LogP contribution in [0.15, 0.2) is 24.3 Å². The summed E-state index contributed by atoms with van der Waals surface area (Å²) in [5, 5.41) is 10.9. The molecule has 5 heteroatoms. The van der Waals surface area contributed by atoms with Gasteiger partial charge in [0.05, 0.1) is 0 Å². The zero-order valence-electron chi connectivity index (χ0n) is 6.66. The van der Waals surface area contributed by atoms with Gasteiger partial charge in [-0.3, -0.25) is 4.79 Å². The number of carbonyl (C=O) groups is 1. The number of benzene rings is 1. The highest BCUT2D eigenvalue weighted by Gasteiger charge is 1.96. The first-order valence-electron chi connectivity index (χ1n) is 3.40. The van der Waals surface area contributed by atoms with Crippen LogP contribution in [0.3, 0.4) is 0 Å². The number of carboxylic acids is 1. The van der Waals surface area contributed by atoms with Crippen molar-refractivity contribution in [2.45, 2.75) is 0 Å². The Morgan fingerprint density at radius 3 is 2.38 bits per heavy atom. The minimum absolute atomic E-state index is 0. The quantitative estimate of drug-likeness (QED) is 0.791. The van der Waals surface area contributed by atoms with Gasteiger partial charge in [-0.1, -0.05) is 0 Å². The van der Waals surface area contributed by atoms with Gasteiger partial charge in [-0.15, -0.1) is 12.4 Å². The van der Waals surface area contributed by atoms with Crippen molar-refractivity contribution in [1.29, 1.82) is 0 Å². The van der Waals surface area contributed by atoms with E-state index in [9.17, 15) is 9.18 Å². The average Bonchev–Trinajstić information content (AvgIpc) is 2.03. The molecule has 0 spiro atoms. The van der Waals surface area contributed by atoms with Crippen molar-refractivity contribution in [1.82, 2.24) is 0 Å². The fourth-order valence-electron chi connectivity index (χ4n) is 0.745. The zero-order valence-corrected chi connectivity index (χ0v) is 7.47. The second-order valence-corrected chi connectivity index (χ2v) is 2.25. The summed E-state index contributed by atoms with van der Waals surface area (Å²) < 4.78 is 12.3. The van der Waals surface area contributed by atoms with Crippen LogP contribution in [-0.4, -0.2) is 17.6 Å². The maximum atomic E-state index is 12.3. The van der Waals surface area contributed by atoms with Crippen LogP contribution in [0.2, 0.25) is 0 Å². The lowest BCUT2D eigenvalue weighted by atomic mass is 10.3. The average molecular weight is 206 g/mol. The van der Waals surface area contributed by atoms with Gasteiger partial charge in [0, 0.05) is 5.69 Å². The van der Waals surface area contributed by atoms with Crippen LogP contribution in [-0.2, 0) is 4.79 Å². The van der Waals surface area contributed by atoms with Crippen molar-refractivity contribution in [3.63, 3.8) is 0 Å². The van der Waals surface area contributed by atoms with E-state index >= 15 is 0 Å². The van der Waals surface area contributed by atoms with Gasteiger partial charge in [-0.2, -0.15) is 0 Å². The summed E-state index contributed by atoms with van der Waals surface area (Å²) in [5.74, 6) is -1.28. The van der Waals surface area contributed by atoms with Gasteiger partial charge >= 0.3 is 5.97 Å². The monoisotopic (exact) mass is 205 g/mol. The minimum atomic E-state index is -0.945. The first-order chi connectivity index (χ1) is 5.68. The van der Waals surface area contributed by atoms with E-state index in [1.807, 2.05) is 0 Å². The van der Waals surface area contributed by atoms with Crippen molar-refractivity contribution in [3.05, 3.63) is 30.1 Å². The molecule has 0 fully saturated rings. The Balaban J connectivity index is 0.00000144. The standard InChI is InChI=1S/C8H8FNO2.ClH/c9-6-1-3-7(4-2-6)10-5-8(11)12;/h1-4,10H,5H2,(H,11,12);1H. The van der Waals surface area contributed by atoms with E-state index in [0.717, 1.165) is 0 Å². The highest BCUT2D eigenvalue weighted by Crippen LogP contribution is 2.06. The topological polar surface area (TPSA) is 49.3 Å². The van der Waals surface area contributed by atoms with E-state index in [2.05, 4.69) is 5.32 Å². The Morgan fingerprint density at radius 1 is 1.38 bits per heavy atom. The normalized spacial score (nSPS) is 8.69. The third-order valence-electron chi connectivity index (χ3n) is 1.29. The molecule has 0 aliphatic heterocycles. The molecule has 0 aliphatic rings.